The van der Waals surface area contributed by atoms with E-state index in [9.17, 15) is 9.59 Å². The van der Waals surface area contributed by atoms with Crippen LogP contribution in [0.5, 0.6) is 0 Å². The van der Waals surface area contributed by atoms with Crippen molar-refractivity contribution in [1.82, 2.24) is 10.2 Å². The van der Waals surface area contributed by atoms with Crippen LogP contribution in [-0.4, -0.2) is 22.8 Å². The summed E-state index contributed by atoms with van der Waals surface area (Å²) in [5, 5.41) is 6.20. The molecule has 2 aliphatic rings. The van der Waals surface area contributed by atoms with Crippen LogP contribution in [0.2, 0.25) is 0 Å². The first-order chi connectivity index (χ1) is 19.4. The molecule has 3 atom stereocenters. The van der Waals surface area contributed by atoms with E-state index in [4.69, 9.17) is 11.3 Å². The summed E-state index contributed by atoms with van der Waals surface area (Å²) in [7, 11) is 0. The van der Waals surface area contributed by atoms with Gasteiger partial charge in [0.15, 0.2) is 0 Å². The average molecular weight is 539 g/mol. The first kappa shape index (κ1) is 28.7. The standard InChI is InChI=1S/C32H38N6O2/c1-3-29(25-12-8-5-9-13-25)35-32(40)38(21-23-14-16-26(17-15-23)30(39)36-31(33)37-34)27-18-19-28(22(2)20-27)24-10-6-4-7-11-24/h5,8-10,12-20,22,28-29,34H,3-4,6-7,11,21H2,1-2H3,(H,35,40)(H2,33,36,39). The molecule has 3 amide bonds. The summed E-state index contributed by atoms with van der Waals surface area (Å²) in [5.74, 6) is -0.344. The fraction of sp³-hybridized carbons (Fsp3) is 0.344. The lowest BCUT2D eigenvalue weighted by atomic mass is 9.79. The minimum Gasteiger partial charge on any atom is -0.366 e. The molecular weight excluding hydrogens is 500 g/mol. The number of urea groups is 1. The van der Waals surface area contributed by atoms with E-state index in [2.05, 4.69) is 53.6 Å². The van der Waals surface area contributed by atoms with Crippen molar-refractivity contribution in [2.24, 2.45) is 27.7 Å². The van der Waals surface area contributed by atoms with Crippen LogP contribution in [-0.2, 0) is 6.54 Å². The third-order valence-electron chi connectivity index (χ3n) is 7.57. The lowest BCUT2D eigenvalue weighted by molar-refractivity contribution is 0.100. The molecule has 4 N–H and O–H groups in total. The minimum atomic E-state index is -0.571. The maximum atomic E-state index is 13.8. The highest BCUT2D eigenvalue weighted by atomic mass is 16.2. The molecule has 4 rings (SSSR count). The minimum absolute atomic E-state index is 0.118. The molecule has 0 radical (unpaired) electrons. The highest BCUT2D eigenvalue weighted by Crippen LogP contribution is 2.35. The molecular formula is C32H38N6O2. The summed E-state index contributed by atoms with van der Waals surface area (Å²) < 4.78 is 0. The number of benzene rings is 2. The second-order valence-electron chi connectivity index (χ2n) is 10.4. The predicted octanol–water partition coefficient (Wildman–Crippen LogP) is 7.04. The fourth-order valence-corrected chi connectivity index (χ4v) is 5.36. The Bertz CT molecular complexity index is 1330. The number of aliphatic imine (C=N–C) groups is 1. The zero-order valence-electron chi connectivity index (χ0n) is 23.2. The second kappa shape index (κ2) is 13.6. The molecule has 2 aromatic rings. The number of guanidine groups is 1. The van der Waals surface area contributed by atoms with E-state index >= 15 is 0 Å². The van der Waals surface area contributed by atoms with Crippen molar-refractivity contribution in [2.45, 2.75) is 58.5 Å². The number of hydrogen-bond acceptors (Lipinski definition) is 3. The topological polar surface area (TPSA) is 124 Å². The molecule has 0 saturated carbocycles. The number of carbonyl (C=O) groups excluding carboxylic acids is 2. The first-order valence-corrected chi connectivity index (χ1v) is 14.0. The van der Waals surface area contributed by atoms with E-state index in [1.807, 2.05) is 30.3 Å². The van der Waals surface area contributed by atoms with Gasteiger partial charge >= 0.3 is 6.03 Å². The molecule has 0 bridgehead atoms. The number of hydrogen-bond donors (Lipinski definition) is 3. The third kappa shape index (κ3) is 7.20. The SMILES string of the molecule is CCC(NC(=O)N(Cc1ccc(C(=O)N=C(N)N=N)cc1)C1=CC(C)C(C2=CCCCC2)C=C1)c1ccccc1. The second-order valence-corrected chi connectivity index (χ2v) is 10.4. The molecule has 8 nitrogen and oxygen atoms in total. The summed E-state index contributed by atoms with van der Waals surface area (Å²) in [6, 6.07) is 16.6. The van der Waals surface area contributed by atoms with Crippen LogP contribution in [0.1, 0.15) is 73.5 Å². The van der Waals surface area contributed by atoms with Crippen molar-refractivity contribution in [3.05, 3.63) is 107 Å². The van der Waals surface area contributed by atoms with Gasteiger partial charge in [-0.2, -0.15) is 4.99 Å². The number of allylic oxidation sites excluding steroid dienone is 5. The molecule has 0 spiro atoms. The Balaban J connectivity index is 1.58. The number of nitrogens with one attached hydrogen (secondary N) is 2. The predicted molar refractivity (Wildman–Crippen MR) is 158 cm³/mol. The zero-order valence-corrected chi connectivity index (χ0v) is 23.2. The van der Waals surface area contributed by atoms with E-state index in [-0.39, 0.29) is 18.0 Å². The number of amides is 3. The molecule has 0 heterocycles. The number of nitrogens with zero attached hydrogens (tertiary/aromatic N) is 3. The Morgan fingerprint density at radius 3 is 2.50 bits per heavy atom. The normalized spacial score (nSPS) is 19.7. The Morgan fingerprint density at radius 1 is 1.12 bits per heavy atom. The molecule has 0 aliphatic heterocycles. The van der Waals surface area contributed by atoms with Gasteiger partial charge in [-0.3, -0.25) is 9.69 Å². The lowest BCUT2D eigenvalue weighted by Gasteiger charge is -2.32. The molecule has 208 valence electrons. The van der Waals surface area contributed by atoms with Crippen molar-refractivity contribution >= 4 is 17.9 Å². The molecule has 0 aromatic heterocycles. The van der Waals surface area contributed by atoms with E-state index in [0.29, 0.717) is 18.0 Å². The quantitative estimate of drug-likeness (QED) is 0.144. The summed E-state index contributed by atoms with van der Waals surface area (Å²) in [6.07, 6.45) is 14.4. The maximum absolute atomic E-state index is 13.8. The van der Waals surface area contributed by atoms with Gasteiger partial charge in [-0.05, 0) is 67.4 Å². The number of nitrogens with two attached hydrogens (primary N) is 1. The molecule has 2 aromatic carbocycles. The van der Waals surface area contributed by atoms with Crippen LogP contribution in [0.3, 0.4) is 0 Å². The molecule has 2 aliphatic carbocycles. The van der Waals surface area contributed by atoms with Crippen LogP contribution in [0.4, 0.5) is 4.79 Å². The van der Waals surface area contributed by atoms with Gasteiger partial charge in [0.25, 0.3) is 5.91 Å². The van der Waals surface area contributed by atoms with E-state index in [0.717, 1.165) is 36.1 Å². The molecule has 3 unspecified atom stereocenters. The monoisotopic (exact) mass is 538 g/mol. The van der Waals surface area contributed by atoms with Crippen molar-refractivity contribution in [1.29, 1.82) is 5.53 Å². The van der Waals surface area contributed by atoms with Gasteiger partial charge in [0.1, 0.15) is 0 Å². The molecule has 0 saturated heterocycles. The number of carbonyl (C=O) groups is 2. The molecule has 8 heteroatoms. The van der Waals surface area contributed by atoms with Gasteiger partial charge in [-0.15, -0.1) is 5.11 Å². The Labute approximate surface area is 236 Å². The summed E-state index contributed by atoms with van der Waals surface area (Å²) in [5.41, 5.74) is 16.9. The largest absolute Gasteiger partial charge is 0.366 e. The van der Waals surface area contributed by atoms with E-state index in [1.165, 1.54) is 18.4 Å². The van der Waals surface area contributed by atoms with Gasteiger partial charge in [0.2, 0.25) is 5.96 Å². The average Bonchev–Trinajstić information content (AvgIpc) is 2.99. The molecule has 40 heavy (non-hydrogen) atoms. The summed E-state index contributed by atoms with van der Waals surface area (Å²) >= 11 is 0. The van der Waals surface area contributed by atoms with Crippen LogP contribution in [0.15, 0.2) is 100 Å². The van der Waals surface area contributed by atoms with Gasteiger partial charge < -0.3 is 11.1 Å². The van der Waals surface area contributed by atoms with E-state index in [1.54, 1.807) is 29.2 Å². The molecule has 0 fully saturated rings. The number of rotatable bonds is 8. The van der Waals surface area contributed by atoms with Crippen molar-refractivity contribution < 1.29 is 9.59 Å². The summed E-state index contributed by atoms with van der Waals surface area (Å²) in [4.78, 5) is 31.5. The van der Waals surface area contributed by atoms with Crippen LogP contribution < -0.4 is 11.1 Å². The highest BCUT2D eigenvalue weighted by Gasteiger charge is 2.27. The smallest absolute Gasteiger partial charge is 0.322 e. The Kier molecular flexibility index (Phi) is 9.78. The van der Waals surface area contributed by atoms with Crippen LogP contribution >= 0.6 is 0 Å². The van der Waals surface area contributed by atoms with Crippen molar-refractivity contribution in [3.8, 4) is 0 Å². The van der Waals surface area contributed by atoms with Gasteiger partial charge in [-0.25, -0.2) is 10.3 Å². The fourth-order valence-electron chi connectivity index (χ4n) is 5.36. The van der Waals surface area contributed by atoms with Gasteiger partial charge in [0.05, 0.1) is 12.6 Å². The third-order valence-corrected chi connectivity index (χ3v) is 7.57. The van der Waals surface area contributed by atoms with Gasteiger partial charge in [-0.1, -0.05) is 80.1 Å². The maximum Gasteiger partial charge on any atom is 0.322 e. The highest BCUT2D eigenvalue weighted by molar-refractivity contribution is 6.02. The van der Waals surface area contributed by atoms with Crippen molar-refractivity contribution in [3.63, 3.8) is 0 Å². The van der Waals surface area contributed by atoms with Crippen LogP contribution in [0.25, 0.3) is 0 Å². The van der Waals surface area contributed by atoms with Crippen LogP contribution in [0, 0.1) is 17.4 Å². The zero-order chi connectivity index (χ0) is 28.5. The summed E-state index contributed by atoms with van der Waals surface area (Å²) in [6.45, 7) is 4.61. The first-order valence-electron chi connectivity index (χ1n) is 14.0. The van der Waals surface area contributed by atoms with Gasteiger partial charge in [0, 0.05) is 17.2 Å². The Morgan fingerprint density at radius 2 is 1.88 bits per heavy atom. The lowest BCUT2D eigenvalue weighted by Crippen LogP contribution is -2.41. The van der Waals surface area contributed by atoms with Crippen molar-refractivity contribution in [2.75, 3.05) is 0 Å². The van der Waals surface area contributed by atoms with E-state index < -0.39 is 11.9 Å². The Hall–Kier alpha value is -4.33.